The van der Waals surface area contributed by atoms with Crippen LogP contribution >= 0.6 is 0 Å². The molecule has 2 fully saturated rings. The highest BCUT2D eigenvalue weighted by Crippen LogP contribution is 2.47. The lowest BCUT2D eigenvalue weighted by atomic mass is 9.77. The summed E-state index contributed by atoms with van der Waals surface area (Å²) in [7, 11) is 0. The summed E-state index contributed by atoms with van der Waals surface area (Å²) < 4.78 is 11.6. The van der Waals surface area contributed by atoms with Gasteiger partial charge in [-0.2, -0.15) is 0 Å². The molecule has 2 N–H and O–H groups in total. The SMILES string of the molecule is Cc1cc2c(cc1C(=O)N(C(C)C)[C@@H]1CCCN(C(=O)O)C1)N(CCNC(=O)OCc1ccccc1)C(=O)C1(CCC1)O2. The van der Waals surface area contributed by atoms with Crippen LogP contribution in [0.5, 0.6) is 5.75 Å². The fraction of sp³-hybridized carbons (Fsp3) is 0.500. The van der Waals surface area contributed by atoms with E-state index in [1.54, 1.807) is 15.9 Å². The Labute approximate surface area is 251 Å². The smallest absolute Gasteiger partial charge is 0.407 e. The number of rotatable bonds is 8. The van der Waals surface area contributed by atoms with Crippen molar-refractivity contribution < 1.29 is 33.8 Å². The van der Waals surface area contributed by atoms with Gasteiger partial charge in [-0.25, -0.2) is 9.59 Å². The van der Waals surface area contributed by atoms with Crippen LogP contribution in [0.15, 0.2) is 42.5 Å². The topological polar surface area (TPSA) is 129 Å². The van der Waals surface area contributed by atoms with E-state index in [9.17, 15) is 24.3 Å². The Morgan fingerprint density at radius 3 is 2.56 bits per heavy atom. The van der Waals surface area contributed by atoms with Crippen molar-refractivity contribution in [2.45, 2.75) is 77.2 Å². The number of carbonyl (C=O) groups is 4. The number of benzene rings is 2. The van der Waals surface area contributed by atoms with E-state index in [2.05, 4.69) is 5.32 Å². The summed E-state index contributed by atoms with van der Waals surface area (Å²) in [5, 5.41) is 12.3. The Morgan fingerprint density at radius 2 is 1.91 bits per heavy atom. The molecule has 5 rings (SSSR count). The molecule has 0 aromatic heterocycles. The highest BCUT2D eigenvalue weighted by molar-refractivity contribution is 6.05. The van der Waals surface area contributed by atoms with Gasteiger partial charge in [-0.15, -0.1) is 0 Å². The number of hydrogen-bond donors (Lipinski definition) is 2. The van der Waals surface area contributed by atoms with Gasteiger partial charge in [0.2, 0.25) is 0 Å². The first kappa shape index (κ1) is 30.2. The Balaban J connectivity index is 1.35. The van der Waals surface area contributed by atoms with Crippen LogP contribution in [0.2, 0.25) is 0 Å². The van der Waals surface area contributed by atoms with E-state index in [0.29, 0.717) is 54.8 Å². The second-order valence-corrected chi connectivity index (χ2v) is 11.9. The Morgan fingerprint density at radius 1 is 1.16 bits per heavy atom. The second kappa shape index (κ2) is 12.5. The minimum absolute atomic E-state index is 0.136. The van der Waals surface area contributed by atoms with Crippen LogP contribution in [0.25, 0.3) is 0 Å². The van der Waals surface area contributed by atoms with Crippen molar-refractivity contribution in [3.63, 3.8) is 0 Å². The monoisotopic (exact) mass is 592 g/mol. The van der Waals surface area contributed by atoms with E-state index in [1.807, 2.05) is 57.2 Å². The van der Waals surface area contributed by atoms with Gasteiger partial charge in [-0.1, -0.05) is 30.3 Å². The van der Waals surface area contributed by atoms with Gasteiger partial charge in [0.1, 0.15) is 12.4 Å². The number of nitrogens with zero attached hydrogens (tertiary/aromatic N) is 3. The zero-order valence-corrected chi connectivity index (χ0v) is 25.0. The van der Waals surface area contributed by atoms with Gasteiger partial charge in [0.25, 0.3) is 11.8 Å². The number of carbonyl (C=O) groups excluding carboxylic acids is 3. The second-order valence-electron chi connectivity index (χ2n) is 11.9. The molecule has 1 aliphatic carbocycles. The van der Waals surface area contributed by atoms with Gasteiger partial charge >= 0.3 is 12.2 Å². The van der Waals surface area contributed by atoms with Crippen molar-refractivity contribution in [3.05, 3.63) is 59.2 Å². The number of likely N-dealkylation sites (tertiary alicyclic amines) is 1. The molecule has 0 unspecified atom stereocenters. The molecule has 1 saturated carbocycles. The molecule has 4 amide bonds. The van der Waals surface area contributed by atoms with E-state index in [4.69, 9.17) is 9.47 Å². The molecular formula is C32H40N4O7. The summed E-state index contributed by atoms with van der Waals surface area (Å²) in [5.41, 5.74) is 1.57. The molecule has 230 valence electrons. The highest BCUT2D eigenvalue weighted by atomic mass is 16.5. The first-order valence-electron chi connectivity index (χ1n) is 15.0. The molecule has 2 aromatic rings. The Bertz CT molecular complexity index is 1380. The van der Waals surface area contributed by atoms with E-state index < -0.39 is 17.8 Å². The van der Waals surface area contributed by atoms with Crippen LogP contribution in [0, 0.1) is 6.92 Å². The van der Waals surface area contributed by atoms with Crippen LogP contribution in [0.4, 0.5) is 15.3 Å². The van der Waals surface area contributed by atoms with Gasteiger partial charge in [0.15, 0.2) is 5.60 Å². The molecule has 3 aliphatic rings. The summed E-state index contributed by atoms with van der Waals surface area (Å²) in [6, 6.07) is 12.5. The predicted molar refractivity (Wildman–Crippen MR) is 159 cm³/mol. The van der Waals surface area contributed by atoms with E-state index in [0.717, 1.165) is 12.0 Å². The van der Waals surface area contributed by atoms with Gasteiger partial charge in [-0.05, 0) is 76.1 Å². The molecule has 2 aromatic carbocycles. The molecule has 2 aliphatic heterocycles. The predicted octanol–water partition coefficient (Wildman–Crippen LogP) is 4.56. The molecule has 11 heteroatoms. The molecule has 1 saturated heterocycles. The highest BCUT2D eigenvalue weighted by Gasteiger charge is 2.52. The quantitative estimate of drug-likeness (QED) is 0.460. The molecule has 1 spiro atoms. The lowest BCUT2D eigenvalue weighted by molar-refractivity contribution is -0.143. The van der Waals surface area contributed by atoms with Gasteiger partial charge < -0.3 is 34.6 Å². The first-order chi connectivity index (χ1) is 20.6. The Hall–Kier alpha value is -4.28. The summed E-state index contributed by atoms with van der Waals surface area (Å²) >= 11 is 0. The third-order valence-electron chi connectivity index (χ3n) is 8.60. The molecule has 2 heterocycles. The third kappa shape index (κ3) is 6.25. The van der Waals surface area contributed by atoms with Crippen LogP contribution in [0.1, 0.15) is 67.4 Å². The molecule has 0 bridgehead atoms. The van der Waals surface area contributed by atoms with Crippen LogP contribution < -0.4 is 15.0 Å². The molecule has 0 radical (unpaired) electrons. The largest absolute Gasteiger partial charge is 0.475 e. The number of anilines is 1. The first-order valence-corrected chi connectivity index (χ1v) is 15.0. The third-order valence-corrected chi connectivity index (χ3v) is 8.60. The van der Waals surface area contributed by atoms with Crippen molar-refractivity contribution in [1.29, 1.82) is 0 Å². The van der Waals surface area contributed by atoms with Crippen molar-refractivity contribution >= 4 is 29.7 Å². The zero-order valence-electron chi connectivity index (χ0n) is 25.0. The molecular weight excluding hydrogens is 552 g/mol. The average molecular weight is 593 g/mol. The fourth-order valence-electron chi connectivity index (χ4n) is 6.20. The molecule has 1 atom stereocenters. The van der Waals surface area contributed by atoms with Gasteiger partial charge in [-0.3, -0.25) is 9.59 Å². The summed E-state index contributed by atoms with van der Waals surface area (Å²) in [4.78, 5) is 56.6. The van der Waals surface area contributed by atoms with Crippen molar-refractivity contribution in [2.75, 3.05) is 31.1 Å². The summed E-state index contributed by atoms with van der Waals surface area (Å²) in [6.45, 7) is 6.87. The number of amides is 4. The molecule has 43 heavy (non-hydrogen) atoms. The maximum atomic E-state index is 14.1. The van der Waals surface area contributed by atoms with Crippen LogP contribution in [-0.4, -0.2) is 82.8 Å². The summed E-state index contributed by atoms with van der Waals surface area (Å²) in [5.74, 6) is 0.135. The zero-order chi connectivity index (χ0) is 30.7. The number of hydrogen-bond acceptors (Lipinski definition) is 6. The maximum absolute atomic E-state index is 14.1. The minimum atomic E-state index is -0.986. The van der Waals surface area contributed by atoms with E-state index in [-0.39, 0.29) is 50.1 Å². The van der Waals surface area contributed by atoms with Crippen molar-refractivity contribution in [1.82, 2.24) is 15.1 Å². The lowest BCUT2D eigenvalue weighted by Gasteiger charge is -2.47. The van der Waals surface area contributed by atoms with Crippen molar-refractivity contribution in [3.8, 4) is 5.75 Å². The number of alkyl carbamates (subject to hydrolysis) is 1. The maximum Gasteiger partial charge on any atom is 0.407 e. The van der Waals surface area contributed by atoms with Crippen LogP contribution in [0.3, 0.4) is 0 Å². The van der Waals surface area contributed by atoms with Crippen molar-refractivity contribution in [2.24, 2.45) is 0 Å². The van der Waals surface area contributed by atoms with E-state index in [1.165, 1.54) is 4.90 Å². The standard InChI is InChI=1S/C32H40N4O7/c1-21(2)36(24-11-7-15-34(19-24)31(40)41)28(37)25-18-26-27(17-22(25)3)43-32(12-8-13-32)29(38)35(26)16-14-33-30(39)42-20-23-9-5-4-6-10-23/h4-6,9-10,17-18,21,24H,7-8,11-16,19-20H2,1-3H3,(H,33,39)(H,40,41)/t24-/m1/s1. The average Bonchev–Trinajstić information content (AvgIpc) is 2.96. The number of piperidine rings is 1. The normalized spacial score (nSPS) is 18.9. The lowest BCUT2D eigenvalue weighted by Crippen LogP contribution is -2.61. The summed E-state index contributed by atoms with van der Waals surface area (Å²) in [6.07, 6.45) is 1.91. The number of fused-ring (bicyclic) bond motifs is 1. The van der Waals surface area contributed by atoms with Crippen LogP contribution in [-0.2, 0) is 16.1 Å². The number of nitrogens with one attached hydrogen (secondary N) is 1. The number of aryl methyl sites for hydroxylation is 1. The fourth-order valence-corrected chi connectivity index (χ4v) is 6.20. The van der Waals surface area contributed by atoms with Gasteiger partial charge in [0.05, 0.1) is 11.7 Å². The Kier molecular flexibility index (Phi) is 8.79. The van der Waals surface area contributed by atoms with Gasteiger partial charge in [0, 0.05) is 37.8 Å². The minimum Gasteiger partial charge on any atom is -0.475 e. The number of carboxylic acid groups (broad SMARTS) is 1. The number of ether oxygens (including phenoxy) is 2. The van der Waals surface area contributed by atoms with E-state index >= 15 is 0 Å². The molecule has 11 nitrogen and oxygen atoms in total.